The molecule has 0 aliphatic heterocycles. The van der Waals surface area contributed by atoms with Crippen molar-refractivity contribution in [1.82, 2.24) is 10.2 Å². The van der Waals surface area contributed by atoms with Crippen LogP contribution in [0.3, 0.4) is 0 Å². The average Bonchev–Trinajstić information content (AvgIpc) is 2.41. The van der Waals surface area contributed by atoms with Crippen LogP contribution in [-0.2, 0) is 0 Å². The summed E-state index contributed by atoms with van der Waals surface area (Å²) in [6, 6.07) is 0.866. The third-order valence-corrected chi connectivity index (χ3v) is 4.86. The average molecular weight is 283 g/mol. The van der Waals surface area contributed by atoms with Crippen LogP contribution in [0.4, 0.5) is 0 Å². The molecule has 0 heterocycles. The minimum atomic E-state index is 0.273. The summed E-state index contributed by atoms with van der Waals surface area (Å²) in [7, 11) is 2.34. The lowest BCUT2D eigenvalue weighted by Gasteiger charge is -2.34. The van der Waals surface area contributed by atoms with Crippen molar-refractivity contribution in [2.45, 2.75) is 90.6 Å². The van der Waals surface area contributed by atoms with Crippen molar-refractivity contribution < 1.29 is 0 Å². The SMILES string of the molecule is CCC1CCC(N(C)CCCCCNC(C)(C)C)CC1. The third kappa shape index (κ3) is 7.64. The maximum atomic E-state index is 3.57. The van der Waals surface area contributed by atoms with E-state index < -0.39 is 0 Å². The van der Waals surface area contributed by atoms with E-state index in [9.17, 15) is 0 Å². The first-order chi connectivity index (χ1) is 9.42. The van der Waals surface area contributed by atoms with Crippen molar-refractivity contribution in [3.05, 3.63) is 0 Å². The van der Waals surface area contributed by atoms with Crippen LogP contribution < -0.4 is 5.32 Å². The summed E-state index contributed by atoms with van der Waals surface area (Å²) in [4.78, 5) is 2.63. The summed E-state index contributed by atoms with van der Waals surface area (Å²) in [6.07, 6.45) is 11.2. The Balaban J connectivity index is 2.02. The molecular weight excluding hydrogens is 244 g/mol. The Morgan fingerprint density at radius 1 is 1.00 bits per heavy atom. The summed E-state index contributed by atoms with van der Waals surface area (Å²) < 4.78 is 0. The van der Waals surface area contributed by atoms with Crippen molar-refractivity contribution in [3.63, 3.8) is 0 Å². The monoisotopic (exact) mass is 282 g/mol. The lowest BCUT2D eigenvalue weighted by Crippen LogP contribution is -2.37. The molecule has 0 saturated heterocycles. The molecule has 2 nitrogen and oxygen atoms in total. The third-order valence-electron chi connectivity index (χ3n) is 4.86. The zero-order valence-corrected chi connectivity index (χ0v) is 14.7. The van der Waals surface area contributed by atoms with Crippen molar-refractivity contribution in [2.75, 3.05) is 20.1 Å². The molecule has 0 amide bonds. The second kappa shape index (κ2) is 9.04. The van der Waals surface area contributed by atoms with Crippen molar-refractivity contribution in [1.29, 1.82) is 0 Å². The number of hydrogen-bond donors (Lipinski definition) is 1. The fraction of sp³-hybridized carbons (Fsp3) is 1.00. The van der Waals surface area contributed by atoms with Crippen molar-refractivity contribution >= 4 is 0 Å². The van der Waals surface area contributed by atoms with Gasteiger partial charge in [-0.3, -0.25) is 0 Å². The van der Waals surface area contributed by atoms with Gasteiger partial charge in [0.15, 0.2) is 0 Å². The minimum Gasteiger partial charge on any atom is -0.312 e. The van der Waals surface area contributed by atoms with Gasteiger partial charge in [0.05, 0.1) is 0 Å². The highest BCUT2D eigenvalue weighted by atomic mass is 15.1. The minimum absolute atomic E-state index is 0.273. The Hall–Kier alpha value is -0.0800. The Kier molecular flexibility index (Phi) is 8.13. The second-order valence-corrected chi connectivity index (χ2v) is 7.80. The number of hydrogen-bond acceptors (Lipinski definition) is 2. The zero-order valence-electron chi connectivity index (χ0n) is 14.7. The van der Waals surface area contributed by atoms with Gasteiger partial charge in [-0.25, -0.2) is 0 Å². The van der Waals surface area contributed by atoms with E-state index in [0.29, 0.717) is 0 Å². The highest BCUT2D eigenvalue weighted by molar-refractivity contribution is 4.77. The molecule has 1 rings (SSSR count). The fourth-order valence-electron chi connectivity index (χ4n) is 3.30. The van der Waals surface area contributed by atoms with Gasteiger partial charge in [-0.05, 0) is 85.4 Å². The molecule has 0 atom stereocenters. The van der Waals surface area contributed by atoms with E-state index in [1.54, 1.807) is 0 Å². The first-order valence-corrected chi connectivity index (χ1v) is 8.87. The van der Waals surface area contributed by atoms with Crippen molar-refractivity contribution in [3.8, 4) is 0 Å². The van der Waals surface area contributed by atoms with Gasteiger partial charge >= 0.3 is 0 Å². The molecule has 1 fully saturated rings. The second-order valence-electron chi connectivity index (χ2n) is 7.80. The molecule has 120 valence electrons. The van der Waals surface area contributed by atoms with E-state index in [0.717, 1.165) is 18.5 Å². The molecule has 2 heteroatoms. The van der Waals surface area contributed by atoms with Gasteiger partial charge < -0.3 is 10.2 Å². The van der Waals surface area contributed by atoms with Gasteiger partial charge in [0.25, 0.3) is 0 Å². The number of rotatable bonds is 8. The van der Waals surface area contributed by atoms with Crippen LogP contribution >= 0.6 is 0 Å². The molecule has 1 aliphatic rings. The molecule has 0 aromatic heterocycles. The van der Waals surface area contributed by atoms with Gasteiger partial charge in [0.2, 0.25) is 0 Å². The lowest BCUT2D eigenvalue weighted by atomic mass is 9.84. The largest absolute Gasteiger partial charge is 0.312 e. The summed E-state index contributed by atoms with van der Waals surface area (Å²) in [6.45, 7) is 11.5. The first kappa shape index (κ1) is 18.0. The lowest BCUT2D eigenvalue weighted by molar-refractivity contribution is 0.161. The predicted octanol–water partition coefficient (Wildman–Crippen LogP) is 4.45. The topological polar surface area (TPSA) is 15.3 Å². The van der Waals surface area contributed by atoms with E-state index in [4.69, 9.17) is 0 Å². The molecule has 0 radical (unpaired) electrons. The zero-order chi connectivity index (χ0) is 15.0. The van der Waals surface area contributed by atoms with Crippen LogP contribution in [-0.4, -0.2) is 36.6 Å². The molecule has 1 N–H and O–H groups in total. The van der Waals surface area contributed by atoms with Gasteiger partial charge in [-0.1, -0.05) is 19.8 Å². The highest BCUT2D eigenvalue weighted by Gasteiger charge is 2.22. The molecule has 1 saturated carbocycles. The standard InChI is InChI=1S/C18H38N2/c1-6-16-10-12-17(13-11-16)20(5)15-9-7-8-14-19-18(2,3)4/h16-17,19H,6-15H2,1-5H3. The Labute approximate surface area is 127 Å². The smallest absolute Gasteiger partial charge is 0.00965 e. The molecule has 0 aromatic carbocycles. The number of nitrogens with zero attached hydrogens (tertiary/aromatic N) is 1. The molecule has 0 spiro atoms. The van der Waals surface area contributed by atoms with Gasteiger partial charge in [-0.15, -0.1) is 0 Å². The van der Waals surface area contributed by atoms with Crippen LogP contribution in [0, 0.1) is 5.92 Å². The molecule has 20 heavy (non-hydrogen) atoms. The Morgan fingerprint density at radius 3 is 2.20 bits per heavy atom. The predicted molar refractivity (Wildman–Crippen MR) is 90.3 cm³/mol. The van der Waals surface area contributed by atoms with E-state index in [-0.39, 0.29) is 5.54 Å². The maximum absolute atomic E-state index is 3.57. The Bertz CT molecular complexity index is 236. The first-order valence-electron chi connectivity index (χ1n) is 8.87. The molecule has 1 aliphatic carbocycles. The molecule has 0 bridgehead atoms. The molecular formula is C18H38N2. The van der Waals surface area contributed by atoms with Crippen LogP contribution in [0.25, 0.3) is 0 Å². The summed E-state index contributed by atoms with van der Waals surface area (Å²) in [5.41, 5.74) is 0.273. The number of nitrogens with one attached hydrogen (secondary N) is 1. The quantitative estimate of drug-likeness (QED) is 0.662. The molecule has 0 unspecified atom stereocenters. The summed E-state index contributed by atoms with van der Waals surface area (Å²) in [5.74, 6) is 1.02. The molecule has 0 aromatic rings. The fourth-order valence-corrected chi connectivity index (χ4v) is 3.30. The Morgan fingerprint density at radius 2 is 1.65 bits per heavy atom. The van der Waals surface area contributed by atoms with Crippen LogP contribution in [0.2, 0.25) is 0 Å². The van der Waals surface area contributed by atoms with E-state index >= 15 is 0 Å². The van der Waals surface area contributed by atoms with Gasteiger partial charge in [0.1, 0.15) is 0 Å². The normalized spacial score (nSPS) is 24.3. The highest BCUT2D eigenvalue weighted by Crippen LogP contribution is 2.28. The van der Waals surface area contributed by atoms with E-state index in [1.165, 1.54) is 57.9 Å². The van der Waals surface area contributed by atoms with Gasteiger partial charge in [-0.2, -0.15) is 0 Å². The van der Waals surface area contributed by atoms with E-state index in [1.807, 2.05) is 0 Å². The van der Waals surface area contributed by atoms with Gasteiger partial charge in [0, 0.05) is 11.6 Å². The summed E-state index contributed by atoms with van der Waals surface area (Å²) in [5, 5.41) is 3.57. The summed E-state index contributed by atoms with van der Waals surface area (Å²) >= 11 is 0. The van der Waals surface area contributed by atoms with E-state index in [2.05, 4.69) is 45.0 Å². The van der Waals surface area contributed by atoms with Crippen molar-refractivity contribution in [2.24, 2.45) is 5.92 Å². The van der Waals surface area contributed by atoms with Crippen LogP contribution in [0.15, 0.2) is 0 Å². The van der Waals surface area contributed by atoms with Crippen LogP contribution in [0.5, 0.6) is 0 Å². The maximum Gasteiger partial charge on any atom is 0.00965 e. The number of unbranched alkanes of at least 4 members (excludes halogenated alkanes) is 2. The van der Waals surface area contributed by atoms with Crippen LogP contribution in [0.1, 0.15) is 79.1 Å².